The van der Waals surface area contributed by atoms with Gasteiger partial charge in [-0.2, -0.15) is 0 Å². The highest BCUT2D eigenvalue weighted by molar-refractivity contribution is 6.30. The Morgan fingerprint density at radius 2 is 1.82 bits per heavy atom. The lowest BCUT2D eigenvalue weighted by atomic mass is 9.65. The van der Waals surface area contributed by atoms with Crippen molar-refractivity contribution in [2.45, 2.75) is 58.4 Å². The summed E-state index contributed by atoms with van der Waals surface area (Å²) in [5.74, 6) is 0.137. The number of piperazine rings is 1. The van der Waals surface area contributed by atoms with Crippen LogP contribution >= 0.6 is 11.6 Å². The van der Waals surface area contributed by atoms with Gasteiger partial charge in [0.15, 0.2) is 0 Å². The first-order chi connectivity index (χ1) is 15.6. The molecule has 0 atom stereocenters. The topological polar surface area (TPSA) is 73.0 Å². The maximum atomic E-state index is 13.3. The fraction of sp³-hybridized carbons (Fsp3) is 0.640. The number of carbonyl (C=O) groups excluding carboxylic acids is 3. The Hall–Kier alpha value is -2.28. The van der Waals surface area contributed by atoms with Gasteiger partial charge in [0, 0.05) is 36.9 Å². The van der Waals surface area contributed by atoms with E-state index in [0.717, 1.165) is 29.8 Å². The molecule has 0 bridgehead atoms. The molecular formula is C25H35ClN4O3. The summed E-state index contributed by atoms with van der Waals surface area (Å²) in [6.07, 6.45) is 4.22. The third-order valence-corrected chi connectivity index (χ3v) is 8.44. The van der Waals surface area contributed by atoms with Gasteiger partial charge in [0.05, 0.1) is 0 Å². The summed E-state index contributed by atoms with van der Waals surface area (Å²) >= 11 is 6.10. The first-order valence-corrected chi connectivity index (χ1v) is 12.5. The van der Waals surface area contributed by atoms with E-state index in [4.69, 9.17) is 11.6 Å². The molecule has 1 aromatic carbocycles. The standard InChI is InChI=1S/C25H35ClN4O3/c1-4-24(2,3)18-8-10-25(11-9-18)22(32)30(23(33)27-25)17-21(31)29-14-12-28(13-15-29)20-7-5-6-19(26)16-20/h5-7,16,18H,4,8-15,17H2,1-3H3,(H,27,33). The second-order valence-corrected chi connectivity index (χ2v) is 10.8. The molecule has 4 amide bonds. The molecule has 1 aliphatic carbocycles. The second kappa shape index (κ2) is 9.16. The molecule has 4 rings (SSSR count). The highest BCUT2D eigenvalue weighted by Gasteiger charge is 2.54. The number of anilines is 1. The van der Waals surface area contributed by atoms with Crippen LogP contribution in [0.25, 0.3) is 0 Å². The minimum absolute atomic E-state index is 0.179. The Labute approximate surface area is 201 Å². The predicted molar refractivity (Wildman–Crippen MR) is 129 cm³/mol. The predicted octanol–water partition coefficient (Wildman–Crippen LogP) is 3.91. The molecule has 2 saturated heterocycles. The Morgan fingerprint density at radius 1 is 1.15 bits per heavy atom. The van der Waals surface area contributed by atoms with Gasteiger partial charge < -0.3 is 15.1 Å². The van der Waals surface area contributed by atoms with Crippen LogP contribution in [0.4, 0.5) is 10.5 Å². The van der Waals surface area contributed by atoms with Crippen LogP contribution in [0.5, 0.6) is 0 Å². The fourth-order valence-electron chi connectivity index (χ4n) is 5.46. The van der Waals surface area contributed by atoms with Gasteiger partial charge >= 0.3 is 6.03 Å². The minimum atomic E-state index is -0.830. The van der Waals surface area contributed by atoms with E-state index < -0.39 is 11.6 Å². The molecule has 0 aromatic heterocycles. The van der Waals surface area contributed by atoms with Crippen molar-refractivity contribution in [3.8, 4) is 0 Å². The number of nitrogens with one attached hydrogen (secondary N) is 1. The van der Waals surface area contributed by atoms with E-state index in [2.05, 4.69) is 31.0 Å². The summed E-state index contributed by atoms with van der Waals surface area (Å²) in [6.45, 7) is 9.05. The van der Waals surface area contributed by atoms with Crippen LogP contribution in [0.3, 0.4) is 0 Å². The van der Waals surface area contributed by atoms with E-state index in [1.54, 1.807) is 4.90 Å². The van der Waals surface area contributed by atoms with Crippen LogP contribution in [-0.4, -0.2) is 65.9 Å². The molecule has 0 unspecified atom stereocenters. The summed E-state index contributed by atoms with van der Waals surface area (Å²) in [5, 5.41) is 3.63. The average Bonchev–Trinajstić information content (AvgIpc) is 3.03. The van der Waals surface area contributed by atoms with Crippen LogP contribution in [0.2, 0.25) is 5.02 Å². The summed E-state index contributed by atoms with van der Waals surface area (Å²) in [4.78, 5) is 44.0. The van der Waals surface area contributed by atoms with E-state index in [0.29, 0.717) is 50.0 Å². The molecule has 2 aliphatic heterocycles. The number of imide groups is 1. The van der Waals surface area contributed by atoms with Crippen molar-refractivity contribution >= 4 is 35.1 Å². The van der Waals surface area contributed by atoms with Crippen molar-refractivity contribution in [3.63, 3.8) is 0 Å². The molecule has 0 radical (unpaired) electrons. The molecule has 2 heterocycles. The van der Waals surface area contributed by atoms with Crippen LogP contribution in [0, 0.1) is 11.3 Å². The van der Waals surface area contributed by atoms with Crippen molar-refractivity contribution in [2.24, 2.45) is 11.3 Å². The minimum Gasteiger partial charge on any atom is -0.368 e. The molecule has 3 fully saturated rings. The van der Waals surface area contributed by atoms with Crippen molar-refractivity contribution in [2.75, 3.05) is 37.6 Å². The first-order valence-electron chi connectivity index (χ1n) is 12.1. The van der Waals surface area contributed by atoms with Crippen molar-refractivity contribution in [1.29, 1.82) is 0 Å². The number of nitrogens with zero attached hydrogens (tertiary/aromatic N) is 3. The Balaban J connectivity index is 1.33. The Morgan fingerprint density at radius 3 is 2.42 bits per heavy atom. The number of hydrogen-bond acceptors (Lipinski definition) is 4. The van der Waals surface area contributed by atoms with Gasteiger partial charge in [-0.15, -0.1) is 0 Å². The third kappa shape index (κ3) is 4.70. The van der Waals surface area contributed by atoms with Crippen molar-refractivity contribution in [1.82, 2.24) is 15.1 Å². The molecule has 3 aliphatic rings. The maximum absolute atomic E-state index is 13.3. The number of amides is 4. The number of urea groups is 1. The first kappa shape index (κ1) is 23.9. The van der Waals surface area contributed by atoms with Gasteiger partial charge in [-0.05, 0) is 55.2 Å². The van der Waals surface area contributed by atoms with E-state index >= 15 is 0 Å². The normalized spacial score (nSPS) is 26.2. The second-order valence-electron chi connectivity index (χ2n) is 10.4. The van der Waals surface area contributed by atoms with Crippen LogP contribution < -0.4 is 10.2 Å². The molecule has 180 valence electrons. The molecule has 1 aromatic rings. The SMILES string of the molecule is CCC(C)(C)C1CCC2(CC1)NC(=O)N(CC(=O)N1CCN(c3cccc(Cl)c3)CC1)C2=O. The number of hydrogen-bond donors (Lipinski definition) is 1. The molecular weight excluding hydrogens is 440 g/mol. The number of halogens is 1. The smallest absolute Gasteiger partial charge is 0.325 e. The van der Waals surface area contributed by atoms with Gasteiger partial charge in [-0.1, -0.05) is 44.9 Å². The zero-order chi connectivity index (χ0) is 23.8. The Kier molecular flexibility index (Phi) is 6.63. The van der Waals surface area contributed by atoms with Crippen molar-refractivity contribution in [3.05, 3.63) is 29.3 Å². The van der Waals surface area contributed by atoms with Crippen LogP contribution in [0.1, 0.15) is 52.9 Å². The van der Waals surface area contributed by atoms with Crippen LogP contribution in [0.15, 0.2) is 24.3 Å². The zero-order valence-corrected chi connectivity index (χ0v) is 20.7. The molecule has 8 heteroatoms. The summed E-state index contributed by atoms with van der Waals surface area (Å²) < 4.78 is 0. The van der Waals surface area contributed by atoms with E-state index in [9.17, 15) is 14.4 Å². The van der Waals surface area contributed by atoms with Gasteiger partial charge in [0.1, 0.15) is 12.1 Å². The number of benzene rings is 1. The lowest BCUT2D eigenvalue weighted by Gasteiger charge is -2.42. The van der Waals surface area contributed by atoms with E-state index in [1.165, 1.54) is 0 Å². The highest BCUT2D eigenvalue weighted by atomic mass is 35.5. The van der Waals surface area contributed by atoms with Crippen molar-refractivity contribution < 1.29 is 14.4 Å². The lowest BCUT2D eigenvalue weighted by molar-refractivity contribution is -0.140. The summed E-state index contributed by atoms with van der Waals surface area (Å²) in [7, 11) is 0. The van der Waals surface area contributed by atoms with Gasteiger partial charge in [-0.3, -0.25) is 14.5 Å². The fourth-order valence-corrected chi connectivity index (χ4v) is 5.65. The third-order valence-electron chi connectivity index (χ3n) is 8.20. The van der Waals surface area contributed by atoms with E-state index in [-0.39, 0.29) is 23.8 Å². The van der Waals surface area contributed by atoms with Gasteiger partial charge in [0.2, 0.25) is 5.91 Å². The lowest BCUT2D eigenvalue weighted by Crippen LogP contribution is -2.53. The highest BCUT2D eigenvalue weighted by Crippen LogP contribution is 2.45. The number of rotatable bonds is 5. The average molecular weight is 475 g/mol. The molecule has 7 nitrogen and oxygen atoms in total. The molecule has 1 saturated carbocycles. The summed E-state index contributed by atoms with van der Waals surface area (Å²) in [6, 6.07) is 7.25. The monoisotopic (exact) mass is 474 g/mol. The van der Waals surface area contributed by atoms with Gasteiger partial charge in [-0.25, -0.2) is 4.79 Å². The Bertz CT molecular complexity index is 918. The molecule has 33 heavy (non-hydrogen) atoms. The van der Waals surface area contributed by atoms with Gasteiger partial charge in [0.25, 0.3) is 5.91 Å². The van der Waals surface area contributed by atoms with E-state index in [1.807, 2.05) is 24.3 Å². The largest absolute Gasteiger partial charge is 0.368 e. The van der Waals surface area contributed by atoms with Crippen LogP contribution in [-0.2, 0) is 9.59 Å². The summed E-state index contributed by atoms with van der Waals surface area (Å²) in [5.41, 5.74) is 0.437. The number of carbonyl (C=O) groups is 3. The zero-order valence-electron chi connectivity index (χ0n) is 19.9. The quantitative estimate of drug-likeness (QED) is 0.657. The molecule has 1 spiro atoms. The molecule has 1 N–H and O–H groups in total. The maximum Gasteiger partial charge on any atom is 0.325 e.